The van der Waals surface area contributed by atoms with Crippen LogP contribution in [0.15, 0.2) is 66.9 Å². The van der Waals surface area contributed by atoms with Gasteiger partial charge in [-0.15, -0.1) is 0 Å². The molecule has 1 saturated heterocycles. The fraction of sp³-hybridized carbons (Fsp3) is 0.343. The third kappa shape index (κ3) is 7.94. The number of amides is 1. The zero-order valence-corrected chi connectivity index (χ0v) is 25.9. The van der Waals surface area contributed by atoms with Gasteiger partial charge in [-0.05, 0) is 106 Å². The van der Waals surface area contributed by atoms with Crippen LogP contribution < -0.4 is 15.0 Å². The standard InChI is InChI=1S/C35H39F2N5O3/c1-23-19-24(2)32(25(3)20-23)33(26-11-12-29(36)30(37)21-26)42(35(43)44)31-13-14-38-34(40-31)39-27-9-7-10-28(22-27)45-18-8-17-41-15-5-4-6-16-41/h7,9-14,19-22,33H,4-6,8,15-18H2,1-3H3,(H,43,44)(H,38,39,40). The first-order valence-electron chi connectivity index (χ1n) is 15.3. The summed E-state index contributed by atoms with van der Waals surface area (Å²) < 4.78 is 34.5. The van der Waals surface area contributed by atoms with Crippen molar-refractivity contribution in [1.29, 1.82) is 0 Å². The van der Waals surface area contributed by atoms with E-state index in [0.29, 0.717) is 23.6 Å². The number of benzene rings is 3. The minimum Gasteiger partial charge on any atom is -0.493 e. The van der Waals surface area contributed by atoms with Crippen LogP contribution in [0, 0.1) is 32.4 Å². The number of likely N-dealkylation sites (tertiary alicyclic amines) is 1. The number of aromatic nitrogens is 2. The van der Waals surface area contributed by atoms with E-state index in [1.807, 2.05) is 57.2 Å². The van der Waals surface area contributed by atoms with Gasteiger partial charge in [0.05, 0.1) is 12.6 Å². The number of piperidine rings is 1. The number of carboxylic acid groups (broad SMARTS) is 1. The lowest BCUT2D eigenvalue weighted by Gasteiger charge is -2.32. The van der Waals surface area contributed by atoms with E-state index in [1.165, 1.54) is 37.6 Å². The zero-order chi connectivity index (χ0) is 31.9. The zero-order valence-electron chi connectivity index (χ0n) is 25.9. The van der Waals surface area contributed by atoms with Crippen LogP contribution in [0.4, 0.5) is 31.0 Å². The molecular formula is C35H39F2N5O3. The molecule has 8 nitrogen and oxygen atoms in total. The van der Waals surface area contributed by atoms with Crippen molar-refractivity contribution in [3.05, 3.63) is 106 Å². The van der Waals surface area contributed by atoms with Crippen molar-refractivity contribution >= 4 is 23.5 Å². The van der Waals surface area contributed by atoms with Crippen molar-refractivity contribution < 1.29 is 23.4 Å². The molecule has 2 heterocycles. The molecule has 1 atom stereocenters. The Bertz CT molecular complexity index is 1620. The van der Waals surface area contributed by atoms with Gasteiger partial charge in [-0.25, -0.2) is 23.5 Å². The van der Waals surface area contributed by atoms with Crippen LogP contribution in [0.3, 0.4) is 0 Å². The molecule has 1 aliphatic rings. The first kappa shape index (κ1) is 31.8. The van der Waals surface area contributed by atoms with E-state index in [9.17, 15) is 18.7 Å². The molecule has 45 heavy (non-hydrogen) atoms. The van der Waals surface area contributed by atoms with Gasteiger partial charge in [0.2, 0.25) is 5.95 Å². The van der Waals surface area contributed by atoms with Crippen LogP contribution in [0.1, 0.15) is 59.5 Å². The first-order chi connectivity index (χ1) is 21.7. The van der Waals surface area contributed by atoms with Crippen molar-refractivity contribution in [1.82, 2.24) is 14.9 Å². The first-order valence-corrected chi connectivity index (χ1v) is 15.3. The highest BCUT2D eigenvalue weighted by Gasteiger charge is 2.32. The van der Waals surface area contributed by atoms with Gasteiger partial charge in [0, 0.05) is 24.5 Å². The smallest absolute Gasteiger partial charge is 0.413 e. The van der Waals surface area contributed by atoms with Crippen LogP contribution in [-0.2, 0) is 0 Å². The van der Waals surface area contributed by atoms with Crippen molar-refractivity contribution in [3.8, 4) is 5.75 Å². The van der Waals surface area contributed by atoms with E-state index in [1.54, 1.807) is 0 Å². The van der Waals surface area contributed by atoms with E-state index in [4.69, 9.17) is 4.74 Å². The van der Waals surface area contributed by atoms with E-state index >= 15 is 0 Å². The van der Waals surface area contributed by atoms with Crippen LogP contribution in [0.5, 0.6) is 5.75 Å². The quantitative estimate of drug-likeness (QED) is 0.166. The molecule has 236 valence electrons. The highest BCUT2D eigenvalue weighted by atomic mass is 19.2. The minimum absolute atomic E-state index is 0.0687. The fourth-order valence-corrected chi connectivity index (χ4v) is 6.09. The van der Waals surface area contributed by atoms with Gasteiger partial charge >= 0.3 is 6.09 Å². The maximum absolute atomic E-state index is 14.5. The van der Waals surface area contributed by atoms with Crippen LogP contribution in [0.2, 0.25) is 0 Å². The van der Waals surface area contributed by atoms with Crippen LogP contribution in [-0.4, -0.2) is 52.3 Å². The maximum Gasteiger partial charge on any atom is 0.413 e. The Balaban J connectivity index is 1.40. The number of nitrogens with zero attached hydrogens (tertiary/aromatic N) is 4. The molecule has 10 heteroatoms. The van der Waals surface area contributed by atoms with Gasteiger partial charge in [-0.2, -0.15) is 4.98 Å². The second-order valence-corrected chi connectivity index (χ2v) is 11.5. The molecule has 1 aromatic heterocycles. The minimum atomic E-state index is -1.31. The summed E-state index contributed by atoms with van der Waals surface area (Å²) in [6, 6.07) is 15.2. The number of carbonyl (C=O) groups is 1. The Morgan fingerprint density at radius 3 is 2.47 bits per heavy atom. The number of rotatable bonds is 11. The summed E-state index contributed by atoms with van der Waals surface area (Å²) in [7, 11) is 0. The Kier molecular flexibility index (Phi) is 10.2. The van der Waals surface area contributed by atoms with E-state index in [-0.39, 0.29) is 17.3 Å². The second-order valence-electron chi connectivity index (χ2n) is 11.5. The third-order valence-electron chi connectivity index (χ3n) is 8.05. The molecule has 1 unspecified atom stereocenters. The molecule has 0 saturated carbocycles. The van der Waals surface area contributed by atoms with Gasteiger partial charge in [0.1, 0.15) is 11.6 Å². The number of nitrogens with one attached hydrogen (secondary N) is 1. The molecule has 4 aromatic rings. The molecule has 0 bridgehead atoms. The summed E-state index contributed by atoms with van der Waals surface area (Å²) in [4.78, 5) is 25.3. The Morgan fingerprint density at radius 1 is 1.00 bits per heavy atom. The topological polar surface area (TPSA) is 90.8 Å². The Hall–Kier alpha value is -4.57. The lowest BCUT2D eigenvalue weighted by atomic mass is 9.89. The number of hydrogen-bond acceptors (Lipinski definition) is 6. The maximum atomic E-state index is 14.5. The summed E-state index contributed by atoms with van der Waals surface area (Å²) in [6.07, 6.45) is 4.92. The molecule has 1 amide bonds. The Labute approximate surface area is 262 Å². The third-order valence-corrected chi connectivity index (χ3v) is 8.05. The van der Waals surface area contributed by atoms with E-state index in [0.717, 1.165) is 59.8 Å². The molecule has 0 spiro atoms. The molecule has 5 rings (SSSR count). The number of halogens is 2. The van der Waals surface area contributed by atoms with Gasteiger partial charge < -0.3 is 20.1 Å². The van der Waals surface area contributed by atoms with Crippen molar-refractivity contribution in [2.24, 2.45) is 0 Å². The van der Waals surface area contributed by atoms with Crippen molar-refractivity contribution in [3.63, 3.8) is 0 Å². The van der Waals surface area contributed by atoms with Crippen molar-refractivity contribution in [2.75, 3.05) is 36.5 Å². The van der Waals surface area contributed by atoms with Crippen LogP contribution >= 0.6 is 0 Å². The number of hydrogen-bond donors (Lipinski definition) is 2. The average molecular weight is 616 g/mol. The Morgan fingerprint density at radius 2 is 1.76 bits per heavy atom. The highest BCUT2D eigenvalue weighted by Crippen LogP contribution is 2.37. The molecule has 0 aliphatic carbocycles. The van der Waals surface area contributed by atoms with Gasteiger partial charge in [0.15, 0.2) is 11.6 Å². The lowest BCUT2D eigenvalue weighted by Crippen LogP contribution is -2.36. The largest absolute Gasteiger partial charge is 0.493 e. The molecule has 1 fully saturated rings. The summed E-state index contributed by atoms with van der Waals surface area (Å²) in [5.74, 6) is -1.14. The fourth-order valence-electron chi connectivity index (χ4n) is 6.09. The molecule has 3 aromatic carbocycles. The average Bonchev–Trinajstić information content (AvgIpc) is 3.00. The summed E-state index contributed by atoms with van der Waals surface area (Å²) >= 11 is 0. The number of aryl methyl sites for hydroxylation is 3. The highest BCUT2D eigenvalue weighted by molar-refractivity contribution is 5.87. The molecule has 1 aliphatic heterocycles. The number of ether oxygens (including phenoxy) is 1. The molecule has 2 N–H and O–H groups in total. The molecular weight excluding hydrogens is 576 g/mol. The van der Waals surface area contributed by atoms with Crippen molar-refractivity contribution in [2.45, 2.75) is 52.5 Å². The summed E-state index contributed by atoms with van der Waals surface area (Å²) in [6.45, 7) is 9.63. The predicted molar refractivity (Wildman–Crippen MR) is 172 cm³/mol. The summed E-state index contributed by atoms with van der Waals surface area (Å²) in [5.41, 5.74) is 4.23. The summed E-state index contributed by atoms with van der Waals surface area (Å²) in [5, 5.41) is 13.7. The van der Waals surface area contributed by atoms with Crippen LogP contribution in [0.25, 0.3) is 0 Å². The van der Waals surface area contributed by atoms with E-state index in [2.05, 4.69) is 20.2 Å². The normalized spacial score (nSPS) is 14.2. The monoisotopic (exact) mass is 615 g/mol. The SMILES string of the molecule is Cc1cc(C)c(C(c2ccc(F)c(F)c2)N(C(=O)O)c2ccnc(Nc3cccc(OCCCN4CCCCC4)c3)n2)c(C)c1. The van der Waals surface area contributed by atoms with Gasteiger partial charge in [0.25, 0.3) is 0 Å². The second kappa shape index (κ2) is 14.5. The number of anilines is 3. The van der Waals surface area contributed by atoms with Gasteiger partial charge in [-0.3, -0.25) is 0 Å². The lowest BCUT2D eigenvalue weighted by molar-refractivity contribution is 0.199. The predicted octanol–water partition coefficient (Wildman–Crippen LogP) is 7.95. The molecule has 0 radical (unpaired) electrons. The van der Waals surface area contributed by atoms with Gasteiger partial charge in [-0.1, -0.05) is 36.2 Å². The van der Waals surface area contributed by atoms with E-state index < -0.39 is 23.8 Å².